The normalized spacial score (nSPS) is 15.8. The van der Waals surface area contributed by atoms with Crippen LogP contribution in [0.4, 0.5) is 11.5 Å². The Balaban J connectivity index is 1.66. The SMILES string of the molecule is C[n+]1ccn(CCNc2nn3ccccc3c2N=C2C=C(Cl)C(O)=CC2=O)c1. The highest BCUT2D eigenvalue weighted by molar-refractivity contribution is 6.52. The first-order valence-corrected chi connectivity index (χ1v) is 9.02. The zero-order chi connectivity index (χ0) is 19.7. The van der Waals surface area contributed by atoms with Gasteiger partial charge >= 0.3 is 0 Å². The Morgan fingerprint density at radius 3 is 2.96 bits per heavy atom. The van der Waals surface area contributed by atoms with Gasteiger partial charge in [0.1, 0.15) is 36.1 Å². The lowest BCUT2D eigenvalue weighted by Crippen LogP contribution is -2.24. The largest absolute Gasteiger partial charge is 0.506 e. The van der Waals surface area contributed by atoms with E-state index < -0.39 is 5.78 Å². The lowest BCUT2D eigenvalue weighted by Gasteiger charge is -2.07. The van der Waals surface area contributed by atoms with Gasteiger partial charge in [-0.25, -0.2) is 18.6 Å². The summed E-state index contributed by atoms with van der Waals surface area (Å²) in [5, 5.41) is 17.5. The number of ketones is 1. The molecular formula is C19H18ClN6O2+. The lowest BCUT2D eigenvalue weighted by atomic mass is 10.1. The zero-order valence-corrected chi connectivity index (χ0v) is 15.8. The third kappa shape index (κ3) is 3.54. The molecule has 0 radical (unpaired) electrons. The molecule has 142 valence electrons. The highest BCUT2D eigenvalue weighted by Gasteiger charge is 2.20. The molecule has 3 aromatic heterocycles. The van der Waals surface area contributed by atoms with Crippen molar-refractivity contribution in [3.8, 4) is 0 Å². The van der Waals surface area contributed by atoms with Gasteiger partial charge in [-0.05, 0) is 18.2 Å². The number of hydrogen-bond donors (Lipinski definition) is 2. The highest BCUT2D eigenvalue weighted by Crippen LogP contribution is 2.31. The summed E-state index contributed by atoms with van der Waals surface area (Å²) >= 11 is 5.95. The molecule has 0 atom stereocenters. The van der Waals surface area contributed by atoms with Crippen molar-refractivity contribution < 1.29 is 14.5 Å². The molecule has 2 N–H and O–H groups in total. The Kier molecular flexibility index (Phi) is 4.70. The van der Waals surface area contributed by atoms with E-state index in [1.165, 1.54) is 6.08 Å². The maximum absolute atomic E-state index is 12.2. The topological polar surface area (TPSA) is 87.8 Å². The first-order chi connectivity index (χ1) is 13.5. The number of carbonyl (C=O) groups is 1. The number of carbonyl (C=O) groups excluding carboxylic acids is 1. The average molecular weight is 398 g/mol. The fourth-order valence-corrected chi connectivity index (χ4v) is 3.05. The molecule has 1 aliphatic rings. The molecule has 9 heteroatoms. The third-order valence-corrected chi connectivity index (χ3v) is 4.56. The van der Waals surface area contributed by atoms with E-state index in [0.29, 0.717) is 18.1 Å². The van der Waals surface area contributed by atoms with Crippen molar-refractivity contribution in [2.24, 2.45) is 12.0 Å². The van der Waals surface area contributed by atoms with E-state index in [4.69, 9.17) is 11.6 Å². The van der Waals surface area contributed by atoms with E-state index in [1.54, 1.807) is 4.52 Å². The molecule has 0 aliphatic heterocycles. The van der Waals surface area contributed by atoms with Crippen LogP contribution < -0.4 is 9.88 Å². The maximum Gasteiger partial charge on any atom is 0.243 e. The van der Waals surface area contributed by atoms with Crippen LogP contribution in [0.25, 0.3) is 5.52 Å². The predicted octanol–water partition coefficient (Wildman–Crippen LogP) is 2.29. The van der Waals surface area contributed by atoms with Gasteiger partial charge in [-0.1, -0.05) is 17.7 Å². The number of halogens is 1. The van der Waals surface area contributed by atoms with Gasteiger partial charge in [-0.15, -0.1) is 5.10 Å². The third-order valence-electron chi connectivity index (χ3n) is 4.26. The van der Waals surface area contributed by atoms with Gasteiger partial charge in [-0.3, -0.25) is 4.79 Å². The number of aliphatic hydroxyl groups is 1. The summed E-state index contributed by atoms with van der Waals surface area (Å²) in [5.74, 6) is -0.113. The zero-order valence-electron chi connectivity index (χ0n) is 15.1. The quantitative estimate of drug-likeness (QED) is 0.510. The molecule has 3 heterocycles. The molecule has 0 fully saturated rings. The Bertz CT molecular complexity index is 1150. The molecule has 0 amide bonds. The smallest absolute Gasteiger partial charge is 0.243 e. The van der Waals surface area contributed by atoms with E-state index in [1.807, 2.05) is 54.7 Å². The number of aliphatic hydroxyl groups excluding tert-OH is 1. The van der Waals surface area contributed by atoms with Gasteiger partial charge in [-0.2, -0.15) is 0 Å². The molecule has 0 saturated carbocycles. The van der Waals surface area contributed by atoms with Crippen molar-refractivity contribution in [2.45, 2.75) is 6.54 Å². The first-order valence-electron chi connectivity index (χ1n) is 8.65. The van der Waals surface area contributed by atoms with Gasteiger partial charge in [0.05, 0.1) is 24.1 Å². The minimum atomic E-state index is -0.414. The summed E-state index contributed by atoms with van der Waals surface area (Å²) < 4.78 is 5.72. The maximum atomic E-state index is 12.2. The minimum absolute atomic E-state index is 0.0739. The number of aliphatic imine (C=N–C) groups is 1. The summed E-state index contributed by atoms with van der Waals surface area (Å²) in [5.41, 5.74) is 1.43. The van der Waals surface area contributed by atoms with Crippen LogP contribution >= 0.6 is 11.6 Å². The molecule has 0 bridgehead atoms. The summed E-state index contributed by atoms with van der Waals surface area (Å²) in [7, 11) is 1.96. The number of allylic oxidation sites excluding steroid dienone is 3. The van der Waals surface area contributed by atoms with Crippen LogP contribution in [0, 0.1) is 0 Å². The van der Waals surface area contributed by atoms with Gasteiger partial charge in [0.2, 0.25) is 12.1 Å². The number of imidazole rings is 1. The van der Waals surface area contributed by atoms with Gasteiger partial charge in [0.25, 0.3) is 0 Å². The fourth-order valence-electron chi connectivity index (χ4n) is 2.89. The number of anilines is 1. The number of aromatic nitrogens is 4. The second kappa shape index (κ2) is 7.32. The fraction of sp³-hybridized carbons (Fsp3) is 0.158. The monoisotopic (exact) mass is 397 g/mol. The molecule has 0 saturated heterocycles. The van der Waals surface area contributed by atoms with Gasteiger partial charge in [0.15, 0.2) is 5.82 Å². The average Bonchev–Trinajstić information content (AvgIpc) is 3.23. The Hall–Kier alpha value is -3.39. The Morgan fingerprint density at radius 1 is 1.32 bits per heavy atom. The molecule has 28 heavy (non-hydrogen) atoms. The van der Waals surface area contributed by atoms with Gasteiger partial charge < -0.3 is 10.4 Å². The van der Waals surface area contributed by atoms with E-state index in [9.17, 15) is 9.90 Å². The summed E-state index contributed by atoms with van der Waals surface area (Å²) in [4.78, 5) is 16.7. The summed E-state index contributed by atoms with van der Waals surface area (Å²) in [6, 6.07) is 5.61. The van der Waals surface area contributed by atoms with Crippen LogP contribution in [0.1, 0.15) is 0 Å². The van der Waals surface area contributed by atoms with Crippen LogP contribution in [0.2, 0.25) is 0 Å². The van der Waals surface area contributed by atoms with Gasteiger partial charge in [0, 0.05) is 12.3 Å². The van der Waals surface area contributed by atoms with E-state index >= 15 is 0 Å². The highest BCUT2D eigenvalue weighted by atomic mass is 35.5. The Labute approximate surface area is 165 Å². The number of aryl methyl sites for hydroxylation is 1. The molecule has 8 nitrogen and oxygen atoms in total. The number of hydrogen-bond acceptors (Lipinski definition) is 5. The predicted molar refractivity (Wildman–Crippen MR) is 106 cm³/mol. The summed E-state index contributed by atoms with van der Waals surface area (Å²) in [6.07, 6.45) is 10.2. The summed E-state index contributed by atoms with van der Waals surface area (Å²) in [6.45, 7) is 1.37. The molecule has 0 aromatic carbocycles. The van der Waals surface area contributed by atoms with Crippen molar-refractivity contribution in [3.05, 3.63) is 66.1 Å². The molecule has 0 unspecified atom stereocenters. The second-order valence-electron chi connectivity index (χ2n) is 6.35. The molecule has 3 aromatic rings. The molecular weight excluding hydrogens is 380 g/mol. The molecule has 4 rings (SSSR count). The number of nitrogens with zero attached hydrogens (tertiary/aromatic N) is 5. The standard InChI is InChI=1S/C19H17ClN6O2/c1-24-8-9-25(12-24)7-5-21-19-18(15-4-2-3-6-26(15)23-19)22-14-10-13(20)16(27)11-17(14)28/h2-4,6,8-12H,5,7H2,1H3,(H-,21,23,27,28)/p+1. The van der Waals surface area contributed by atoms with Crippen LogP contribution in [-0.4, -0.2) is 37.3 Å². The van der Waals surface area contributed by atoms with Crippen molar-refractivity contribution in [3.63, 3.8) is 0 Å². The van der Waals surface area contributed by atoms with Crippen molar-refractivity contribution >= 4 is 40.1 Å². The van der Waals surface area contributed by atoms with Crippen LogP contribution in [-0.2, 0) is 18.4 Å². The second-order valence-corrected chi connectivity index (χ2v) is 6.76. The molecule has 0 spiro atoms. The minimum Gasteiger partial charge on any atom is -0.506 e. The van der Waals surface area contributed by atoms with Crippen molar-refractivity contribution in [2.75, 3.05) is 11.9 Å². The van der Waals surface area contributed by atoms with Crippen LogP contribution in [0.15, 0.2) is 71.1 Å². The number of nitrogens with one attached hydrogen (secondary N) is 1. The number of rotatable bonds is 5. The van der Waals surface area contributed by atoms with Crippen molar-refractivity contribution in [1.82, 2.24) is 14.2 Å². The lowest BCUT2D eigenvalue weighted by molar-refractivity contribution is -0.671. The Morgan fingerprint density at radius 2 is 2.18 bits per heavy atom. The number of fused-ring (bicyclic) bond motifs is 1. The first kappa shape index (κ1) is 18.0. The van der Waals surface area contributed by atoms with E-state index in [0.717, 1.165) is 18.1 Å². The number of pyridine rings is 1. The van der Waals surface area contributed by atoms with Crippen molar-refractivity contribution in [1.29, 1.82) is 0 Å². The van der Waals surface area contributed by atoms with Crippen LogP contribution in [0.3, 0.4) is 0 Å². The molecule has 1 aliphatic carbocycles. The van der Waals surface area contributed by atoms with Crippen LogP contribution in [0.5, 0.6) is 0 Å². The van der Waals surface area contributed by atoms with E-state index in [-0.39, 0.29) is 16.5 Å². The van der Waals surface area contributed by atoms with E-state index in [2.05, 4.69) is 20.0 Å².